The van der Waals surface area contributed by atoms with Gasteiger partial charge in [0.15, 0.2) is 24.7 Å². The van der Waals surface area contributed by atoms with Crippen molar-refractivity contribution in [3.63, 3.8) is 0 Å². The normalized spacial score (nSPS) is 13.6. The summed E-state index contributed by atoms with van der Waals surface area (Å²) in [5, 5.41) is 0.936. The van der Waals surface area contributed by atoms with Crippen molar-refractivity contribution in [3.05, 3.63) is 53.2 Å². The van der Waals surface area contributed by atoms with E-state index in [0.29, 0.717) is 30.5 Å². The Morgan fingerprint density at radius 1 is 0.941 bits per heavy atom. The fourth-order valence-electron chi connectivity index (χ4n) is 2.70. The molecule has 2 aromatic rings. The van der Waals surface area contributed by atoms with E-state index in [1.54, 1.807) is 0 Å². The molecule has 0 aliphatic carbocycles. The molecule has 188 valence electrons. The van der Waals surface area contributed by atoms with Crippen molar-refractivity contribution in [3.8, 4) is 0 Å². The summed E-state index contributed by atoms with van der Waals surface area (Å²) in [4.78, 5) is 14.9. The van der Waals surface area contributed by atoms with Gasteiger partial charge in [-0.15, -0.1) is 0 Å². The Balaban J connectivity index is 2.37. The first-order valence-electron chi connectivity index (χ1n) is 9.16. The Kier molecular flexibility index (Phi) is 7.16. The Labute approximate surface area is 191 Å². The highest BCUT2D eigenvalue weighted by Crippen LogP contribution is 2.33. The van der Waals surface area contributed by atoms with E-state index in [0.717, 1.165) is 26.0 Å². The number of hydrogen-bond donors (Lipinski definition) is 1. The minimum atomic E-state index is -4.99. The van der Waals surface area contributed by atoms with Crippen LogP contribution in [0.2, 0.25) is 0 Å². The Morgan fingerprint density at radius 3 is 2.03 bits per heavy atom. The molecular weight excluding hydrogens is 514 g/mol. The van der Waals surface area contributed by atoms with Crippen LogP contribution in [-0.4, -0.2) is 45.3 Å². The largest absolute Gasteiger partial charge is 0.433 e. The number of benzene rings is 1. The van der Waals surface area contributed by atoms with E-state index in [2.05, 4.69) is 10.3 Å². The lowest BCUT2D eigenvalue weighted by molar-refractivity contribution is -0.141. The van der Waals surface area contributed by atoms with Crippen LogP contribution < -0.4 is 5.32 Å². The molecule has 7 nitrogen and oxygen atoms in total. The van der Waals surface area contributed by atoms with Crippen LogP contribution in [-0.2, 0) is 32.0 Å². The van der Waals surface area contributed by atoms with Gasteiger partial charge in [0.2, 0.25) is 0 Å². The maximum absolute atomic E-state index is 13.0. The molecule has 0 atom stereocenters. The van der Waals surface area contributed by atoms with Crippen LogP contribution in [0.25, 0.3) is 0 Å². The number of nitrogens with zero attached hydrogens (tertiary/aromatic N) is 1. The van der Waals surface area contributed by atoms with Crippen LogP contribution in [0.3, 0.4) is 0 Å². The number of carbonyl (C=O) groups is 1. The van der Waals surface area contributed by atoms with E-state index >= 15 is 0 Å². The van der Waals surface area contributed by atoms with Crippen LogP contribution in [0.5, 0.6) is 0 Å². The second kappa shape index (κ2) is 8.83. The van der Waals surface area contributed by atoms with Gasteiger partial charge in [0.25, 0.3) is 5.91 Å². The number of sulfone groups is 2. The van der Waals surface area contributed by atoms with Crippen molar-refractivity contribution >= 4 is 25.6 Å². The summed E-state index contributed by atoms with van der Waals surface area (Å²) in [7, 11) is -8.86. The average Bonchev–Trinajstić information content (AvgIpc) is 2.69. The molecule has 2 rings (SSSR count). The van der Waals surface area contributed by atoms with E-state index in [9.17, 15) is 48.0 Å². The van der Waals surface area contributed by atoms with Gasteiger partial charge in [-0.05, 0) is 44.2 Å². The minimum absolute atomic E-state index is 0.383. The van der Waals surface area contributed by atoms with Gasteiger partial charge in [-0.2, -0.15) is 26.3 Å². The highest BCUT2D eigenvalue weighted by Gasteiger charge is 2.39. The fourth-order valence-corrected chi connectivity index (χ4v) is 4.96. The fraction of sp³-hybridized carbons (Fsp3) is 0.368. The third-order valence-corrected chi connectivity index (χ3v) is 8.11. The van der Waals surface area contributed by atoms with Crippen LogP contribution in [0.15, 0.2) is 46.3 Å². The van der Waals surface area contributed by atoms with E-state index < -0.39 is 76.0 Å². The van der Waals surface area contributed by atoms with Gasteiger partial charge in [-0.1, -0.05) is 6.07 Å². The van der Waals surface area contributed by atoms with Gasteiger partial charge in [0, 0.05) is 12.8 Å². The number of rotatable bonds is 6. The van der Waals surface area contributed by atoms with Gasteiger partial charge in [0.1, 0.15) is 5.69 Å². The zero-order valence-electron chi connectivity index (χ0n) is 17.7. The summed E-state index contributed by atoms with van der Waals surface area (Å²) in [6, 6.07) is 3.91. The van der Waals surface area contributed by atoms with Gasteiger partial charge in [-0.25, -0.2) is 21.8 Å². The molecule has 0 saturated heterocycles. The maximum atomic E-state index is 13.0. The van der Waals surface area contributed by atoms with E-state index in [-0.39, 0.29) is 0 Å². The second-order valence-electron chi connectivity index (χ2n) is 7.79. The van der Waals surface area contributed by atoms with Crippen LogP contribution in [0, 0.1) is 0 Å². The second-order valence-corrected chi connectivity index (χ2v) is 12.3. The van der Waals surface area contributed by atoms with Crippen molar-refractivity contribution in [2.45, 2.75) is 40.9 Å². The average molecular weight is 532 g/mol. The summed E-state index contributed by atoms with van der Waals surface area (Å²) >= 11 is 0. The lowest BCUT2D eigenvalue weighted by Gasteiger charge is -2.26. The van der Waals surface area contributed by atoms with Gasteiger partial charge >= 0.3 is 12.4 Å². The first kappa shape index (κ1) is 27.6. The highest BCUT2D eigenvalue weighted by atomic mass is 32.2. The third-order valence-electron chi connectivity index (χ3n) is 4.62. The molecule has 34 heavy (non-hydrogen) atoms. The molecule has 0 saturated carbocycles. The first-order chi connectivity index (χ1) is 15.2. The molecule has 0 fully saturated rings. The number of hydrogen-bond acceptors (Lipinski definition) is 6. The Hall–Kier alpha value is -2.68. The SMILES string of the molecule is CC(C)(CNC(=O)c1ccc(C(F)(F)F)nc1S(C)(=O)=O)S(=O)(=O)c1cccc(C(F)(F)F)c1. The molecule has 1 aromatic carbocycles. The zero-order chi connectivity index (χ0) is 26.3. The summed E-state index contributed by atoms with van der Waals surface area (Å²) in [5.41, 5.74) is -3.53. The molecular formula is C19H18F6N2O5S2. The van der Waals surface area contributed by atoms with Crippen molar-refractivity contribution < 1.29 is 48.0 Å². The Bertz CT molecular complexity index is 1320. The maximum Gasteiger partial charge on any atom is 0.433 e. The summed E-state index contributed by atoms with van der Waals surface area (Å²) in [5.74, 6) is -1.24. The smallest absolute Gasteiger partial charge is 0.350 e. The molecule has 1 amide bonds. The molecule has 0 aliphatic rings. The molecule has 0 aliphatic heterocycles. The predicted octanol–water partition coefficient (Wildman–Crippen LogP) is 3.51. The number of alkyl halides is 6. The van der Waals surface area contributed by atoms with Crippen LogP contribution in [0.4, 0.5) is 26.3 Å². The van der Waals surface area contributed by atoms with Gasteiger partial charge < -0.3 is 5.32 Å². The topological polar surface area (TPSA) is 110 Å². The highest BCUT2D eigenvalue weighted by molar-refractivity contribution is 7.92. The van der Waals surface area contributed by atoms with Gasteiger partial charge in [-0.3, -0.25) is 4.79 Å². The van der Waals surface area contributed by atoms with E-state index in [4.69, 9.17) is 0 Å². The quantitative estimate of drug-likeness (QED) is 0.571. The van der Waals surface area contributed by atoms with Gasteiger partial charge in [0.05, 0.1) is 20.8 Å². The summed E-state index contributed by atoms with van der Waals surface area (Å²) in [6.07, 6.45) is -9.26. The monoisotopic (exact) mass is 532 g/mol. The number of halogens is 6. The van der Waals surface area contributed by atoms with Crippen molar-refractivity contribution in [2.75, 3.05) is 12.8 Å². The molecule has 0 spiro atoms. The number of nitrogens with one attached hydrogen (secondary N) is 1. The third kappa shape index (κ3) is 5.87. The van der Waals surface area contributed by atoms with Crippen molar-refractivity contribution in [1.82, 2.24) is 10.3 Å². The van der Waals surface area contributed by atoms with Crippen LogP contribution >= 0.6 is 0 Å². The minimum Gasteiger partial charge on any atom is -0.350 e. The standard InChI is InChI=1S/C19H18F6N2O5S2/c1-17(2,34(31,32)12-6-4-5-11(9-12)18(20,21)22)10-26-15(28)13-7-8-14(19(23,24)25)27-16(13)33(3,29)30/h4-9H,10H2,1-3H3,(H,26,28). The molecule has 0 radical (unpaired) electrons. The molecule has 1 heterocycles. The van der Waals surface area contributed by atoms with E-state index in [1.807, 2.05) is 0 Å². The van der Waals surface area contributed by atoms with Crippen LogP contribution in [0.1, 0.15) is 35.5 Å². The number of pyridine rings is 1. The molecule has 1 N–H and O–H groups in total. The number of aromatic nitrogens is 1. The molecule has 0 bridgehead atoms. The molecule has 15 heteroatoms. The Morgan fingerprint density at radius 2 is 1.53 bits per heavy atom. The van der Waals surface area contributed by atoms with Crippen molar-refractivity contribution in [1.29, 1.82) is 0 Å². The van der Waals surface area contributed by atoms with Crippen molar-refractivity contribution in [2.24, 2.45) is 0 Å². The molecule has 0 unspecified atom stereocenters. The number of carbonyl (C=O) groups excluding carboxylic acids is 1. The van der Waals surface area contributed by atoms with E-state index in [1.165, 1.54) is 0 Å². The first-order valence-corrected chi connectivity index (χ1v) is 12.5. The summed E-state index contributed by atoms with van der Waals surface area (Å²) in [6.45, 7) is 1.49. The number of amides is 1. The zero-order valence-corrected chi connectivity index (χ0v) is 19.4. The lowest BCUT2D eigenvalue weighted by Crippen LogP contribution is -2.44. The summed E-state index contributed by atoms with van der Waals surface area (Å²) < 4.78 is 125. The molecule has 1 aromatic heterocycles. The predicted molar refractivity (Wildman–Crippen MR) is 107 cm³/mol. The lowest BCUT2D eigenvalue weighted by atomic mass is 10.2.